The fourth-order valence-corrected chi connectivity index (χ4v) is 4.30. The van der Waals surface area contributed by atoms with Crippen molar-refractivity contribution in [3.63, 3.8) is 0 Å². The number of hydrogen-bond donors (Lipinski definition) is 0. The molecule has 0 aliphatic carbocycles. The number of sulfonamides is 1. The minimum Gasteiger partial charge on any atom is -0.335 e. The number of aromatic nitrogens is 3. The molecule has 2 aromatic rings. The van der Waals surface area contributed by atoms with E-state index in [-0.39, 0.29) is 11.7 Å². The molecule has 2 heterocycles. The molecule has 0 bridgehead atoms. The normalized spacial score (nSPS) is 15.9. The van der Waals surface area contributed by atoms with Gasteiger partial charge in [0.1, 0.15) is 0 Å². The van der Waals surface area contributed by atoms with E-state index in [1.807, 2.05) is 32.0 Å². The highest BCUT2D eigenvalue weighted by Crippen LogP contribution is 2.17. The standard InChI is InChI=1S/C18H25N5O3S/c1-5-27(25,26)22-10-8-21(9-11-22)18(24)17-15(4)19-23(20-17)16-7-6-13(2)12-14(16)3/h6-7,12H,5,8-11H2,1-4H3. The molecule has 3 rings (SSSR count). The van der Waals surface area contributed by atoms with Crippen LogP contribution < -0.4 is 0 Å². The van der Waals surface area contributed by atoms with Crippen molar-refractivity contribution < 1.29 is 13.2 Å². The van der Waals surface area contributed by atoms with E-state index >= 15 is 0 Å². The average molecular weight is 391 g/mol. The molecule has 0 radical (unpaired) electrons. The maximum atomic E-state index is 12.9. The monoisotopic (exact) mass is 391 g/mol. The summed E-state index contributed by atoms with van der Waals surface area (Å²) in [4.78, 5) is 16.0. The summed E-state index contributed by atoms with van der Waals surface area (Å²) in [6.45, 7) is 8.72. The second-order valence-electron chi connectivity index (χ2n) is 6.81. The fourth-order valence-electron chi connectivity index (χ4n) is 3.22. The summed E-state index contributed by atoms with van der Waals surface area (Å²) in [6.07, 6.45) is 0. The minimum absolute atomic E-state index is 0.0737. The Balaban J connectivity index is 1.78. The van der Waals surface area contributed by atoms with Gasteiger partial charge in [-0.05, 0) is 39.3 Å². The number of rotatable bonds is 4. The molecule has 1 aliphatic rings. The Morgan fingerprint density at radius 1 is 1.07 bits per heavy atom. The van der Waals surface area contributed by atoms with Gasteiger partial charge in [-0.2, -0.15) is 14.2 Å². The highest BCUT2D eigenvalue weighted by molar-refractivity contribution is 7.89. The van der Waals surface area contributed by atoms with Crippen LogP contribution in [0.25, 0.3) is 5.69 Å². The molecule has 0 unspecified atom stereocenters. The van der Waals surface area contributed by atoms with Crippen LogP contribution in [0, 0.1) is 20.8 Å². The number of carbonyl (C=O) groups is 1. The van der Waals surface area contributed by atoms with Gasteiger partial charge < -0.3 is 4.90 Å². The van der Waals surface area contributed by atoms with E-state index in [0.717, 1.165) is 16.8 Å². The minimum atomic E-state index is -3.22. The van der Waals surface area contributed by atoms with Gasteiger partial charge in [0.25, 0.3) is 5.91 Å². The lowest BCUT2D eigenvalue weighted by molar-refractivity contribution is 0.0691. The average Bonchev–Trinajstić information content (AvgIpc) is 3.02. The zero-order valence-electron chi connectivity index (χ0n) is 16.1. The second-order valence-corrected chi connectivity index (χ2v) is 9.06. The van der Waals surface area contributed by atoms with Crippen molar-refractivity contribution in [1.29, 1.82) is 0 Å². The first-order chi connectivity index (χ1) is 12.7. The van der Waals surface area contributed by atoms with Crippen LogP contribution in [0.2, 0.25) is 0 Å². The lowest BCUT2D eigenvalue weighted by Crippen LogP contribution is -2.51. The van der Waals surface area contributed by atoms with E-state index in [4.69, 9.17) is 0 Å². The first-order valence-corrected chi connectivity index (χ1v) is 10.6. The van der Waals surface area contributed by atoms with Gasteiger partial charge in [0, 0.05) is 26.2 Å². The first kappa shape index (κ1) is 19.5. The number of amides is 1. The van der Waals surface area contributed by atoms with Crippen LogP contribution in [0.4, 0.5) is 0 Å². The van der Waals surface area contributed by atoms with Crippen LogP contribution in [0.1, 0.15) is 34.2 Å². The van der Waals surface area contributed by atoms with E-state index in [2.05, 4.69) is 10.2 Å². The van der Waals surface area contributed by atoms with Crippen molar-refractivity contribution in [2.75, 3.05) is 31.9 Å². The van der Waals surface area contributed by atoms with Gasteiger partial charge in [-0.1, -0.05) is 17.7 Å². The fraction of sp³-hybridized carbons (Fsp3) is 0.500. The highest BCUT2D eigenvalue weighted by Gasteiger charge is 2.30. The van der Waals surface area contributed by atoms with Gasteiger partial charge in [0.2, 0.25) is 10.0 Å². The van der Waals surface area contributed by atoms with Gasteiger partial charge >= 0.3 is 0 Å². The van der Waals surface area contributed by atoms with Crippen LogP contribution in [-0.2, 0) is 10.0 Å². The summed E-state index contributed by atoms with van der Waals surface area (Å²) in [5, 5.41) is 8.82. The van der Waals surface area contributed by atoms with Gasteiger partial charge in [0.15, 0.2) is 5.69 Å². The van der Waals surface area contributed by atoms with E-state index < -0.39 is 10.0 Å². The van der Waals surface area contributed by atoms with Crippen molar-refractivity contribution >= 4 is 15.9 Å². The topological polar surface area (TPSA) is 88.4 Å². The molecule has 146 valence electrons. The van der Waals surface area contributed by atoms with Crippen molar-refractivity contribution in [1.82, 2.24) is 24.2 Å². The Hall–Kier alpha value is -2.26. The largest absolute Gasteiger partial charge is 0.335 e. The molecule has 9 heteroatoms. The van der Waals surface area contributed by atoms with Crippen LogP contribution in [0.5, 0.6) is 0 Å². The molecule has 0 atom stereocenters. The molecule has 0 spiro atoms. The Morgan fingerprint density at radius 3 is 2.33 bits per heavy atom. The number of nitrogens with zero attached hydrogens (tertiary/aromatic N) is 5. The number of carbonyl (C=O) groups excluding carboxylic acids is 1. The predicted octanol–water partition coefficient (Wildman–Crippen LogP) is 1.30. The van der Waals surface area contributed by atoms with Crippen molar-refractivity contribution in [2.24, 2.45) is 0 Å². The molecule has 1 aliphatic heterocycles. The molecule has 27 heavy (non-hydrogen) atoms. The third-order valence-corrected chi connectivity index (χ3v) is 6.72. The van der Waals surface area contributed by atoms with E-state index in [9.17, 15) is 13.2 Å². The van der Waals surface area contributed by atoms with Crippen LogP contribution >= 0.6 is 0 Å². The van der Waals surface area contributed by atoms with E-state index in [1.54, 1.807) is 18.7 Å². The summed E-state index contributed by atoms with van der Waals surface area (Å²) in [5.74, 6) is -0.137. The highest BCUT2D eigenvalue weighted by atomic mass is 32.2. The van der Waals surface area contributed by atoms with Crippen molar-refractivity contribution in [2.45, 2.75) is 27.7 Å². The first-order valence-electron chi connectivity index (χ1n) is 9.01. The SMILES string of the molecule is CCS(=O)(=O)N1CCN(C(=O)c2nn(-c3ccc(C)cc3C)nc2C)CC1. The maximum absolute atomic E-state index is 12.9. The van der Waals surface area contributed by atoms with E-state index in [1.165, 1.54) is 9.10 Å². The van der Waals surface area contributed by atoms with Crippen molar-refractivity contribution in [3.8, 4) is 5.69 Å². The molecule has 1 fully saturated rings. The van der Waals surface area contributed by atoms with Crippen molar-refractivity contribution in [3.05, 3.63) is 40.7 Å². The Kier molecular flexibility index (Phi) is 5.34. The molecule has 1 saturated heterocycles. The Morgan fingerprint density at radius 2 is 1.74 bits per heavy atom. The molecular weight excluding hydrogens is 366 g/mol. The molecule has 0 saturated carbocycles. The number of benzene rings is 1. The van der Waals surface area contributed by atoms with Gasteiger partial charge in [-0.25, -0.2) is 8.42 Å². The summed E-state index contributed by atoms with van der Waals surface area (Å²) < 4.78 is 25.4. The third-order valence-electron chi connectivity index (χ3n) is 4.84. The Labute approximate surface area is 159 Å². The van der Waals surface area contributed by atoms with Gasteiger partial charge in [0.05, 0.1) is 17.1 Å². The summed E-state index contributed by atoms with van der Waals surface area (Å²) in [6, 6.07) is 5.96. The van der Waals surface area contributed by atoms with Crippen LogP contribution in [-0.4, -0.2) is 70.5 Å². The van der Waals surface area contributed by atoms with Gasteiger partial charge in [-0.15, -0.1) is 5.10 Å². The smallest absolute Gasteiger partial charge is 0.276 e. The summed E-state index contributed by atoms with van der Waals surface area (Å²) in [5.41, 5.74) is 3.88. The van der Waals surface area contributed by atoms with Gasteiger partial charge in [-0.3, -0.25) is 4.79 Å². The maximum Gasteiger partial charge on any atom is 0.276 e. The quantitative estimate of drug-likeness (QED) is 0.784. The molecule has 0 N–H and O–H groups in total. The number of aryl methyl sites for hydroxylation is 3. The van der Waals surface area contributed by atoms with Crippen LogP contribution in [0.15, 0.2) is 18.2 Å². The molecular formula is C18H25N5O3S. The summed E-state index contributed by atoms with van der Waals surface area (Å²) in [7, 11) is -3.22. The zero-order chi connectivity index (χ0) is 19.8. The number of hydrogen-bond acceptors (Lipinski definition) is 5. The molecule has 1 aromatic carbocycles. The number of piperazine rings is 1. The predicted molar refractivity (Wildman–Crippen MR) is 103 cm³/mol. The molecule has 8 nitrogen and oxygen atoms in total. The molecule has 1 amide bonds. The third kappa shape index (κ3) is 3.89. The van der Waals surface area contributed by atoms with E-state index in [0.29, 0.717) is 37.6 Å². The van der Waals surface area contributed by atoms with Crippen LogP contribution in [0.3, 0.4) is 0 Å². The lowest BCUT2D eigenvalue weighted by Gasteiger charge is -2.33. The molecule has 1 aromatic heterocycles. The Bertz CT molecular complexity index is 959. The second kappa shape index (κ2) is 7.40. The zero-order valence-corrected chi connectivity index (χ0v) is 17.0. The lowest BCUT2D eigenvalue weighted by atomic mass is 10.1. The summed E-state index contributed by atoms with van der Waals surface area (Å²) >= 11 is 0.